The molecule has 0 fully saturated rings. The summed E-state index contributed by atoms with van der Waals surface area (Å²) < 4.78 is 0. The van der Waals surface area contributed by atoms with E-state index in [2.05, 4.69) is 5.32 Å². The average molecular weight is 229 g/mol. The van der Waals surface area contributed by atoms with Crippen molar-refractivity contribution in [2.45, 2.75) is 12.3 Å². The second-order valence-electron chi connectivity index (χ2n) is 3.81. The molecule has 0 aromatic heterocycles. The summed E-state index contributed by atoms with van der Waals surface area (Å²) >= 11 is 0. The lowest BCUT2D eigenvalue weighted by Crippen LogP contribution is -2.24. The molecule has 0 saturated heterocycles. The molecule has 0 amide bonds. The molecule has 88 valence electrons. The Morgan fingerprint density at radius 1 is 0.765 bits per heavy atom. The van der Waals surface area contributed by atoms with Crippen LogP contribution in [0.2, 0.25) is 0 Å². The van der Waals surface area contributed by atoms with Crippen molar-refractivity contribution in [1.29, 1.82) is 0 Å². The van der Waals surface area contributed by atoms with Crippen molar-refractivity contribution in [3.05, 3.63) is 66.2 Å². The second-order valence-corrected chi connectivity index (χ2v) is 3.81. The monoisotopic (exact) mass is 229 g/mol. The van der Waals surface area contributed by atoms with Crippen molar-refractivity contribution in [1.82, 2.24) is 0 Å². The number of anilines is 1. The zero-order chi connectivity index (χ0) is 12.1. The van der Waals surface area contributed by atoms with E-state index in [1.54, 1.807) is 0 Å². The fourth-order valence-electron chi connectivity index (χ4n) is 1.70. The molecule has 0 aliphatic heterocycles. The molecule has 2 aromatic carbocycles. The molecule has 2 aromatic rings. The van der Waals surface area contributed by atoms with E-state index < -0.39 is 12.3 Å². The molecule has 3 heteroatoms. The standard InChI is InChI=1S/C14H15NO2/c16-14(17)13(11-7-3-1-4-8-11)15-12-9-5-2-6-10-12/h1-10,13-17H. The van der Waals surface area contributed by atoms with Gasteiger partial charge in [0.1, 0.15) is 6.04 Å². The van der Waals surface area contributed by atoms with E-state index in [0.29, 0.717) is 0 Å². The van der Waals surface area contributed by atoms with Gasteiger partial charge in [0.25, 0.3) is 0 Å². The summed E-state index contributed by atoms with van der Waals surface area (Å²) in [7, 11) is 0. The number of benzene rings is 2. The molecule has 0 bridgehead atoms. The largest absolute Gasteiger partial charge is 0.374 e. The second kappa shape index (κ2) is 5.48. The van der Waals surface area contributed by atoms with Crippen LogP contribution >= 0.6 is 0 Å². The SMILES string of the molecule is OC(O)C(Nc1ccccc1)c1ccccc1. The number of rotatable bonds is 4. The minimum atomic E-state index is -1.45. The Morgan fingerprint density at radius 2 is 1.29 bits per heavy atom. The van der Waals surface area contributed by atoms with Crippen molar-refractivity contribution in [2.24, 2.45) is 0 Å². The quantitative estimate of drug-likeness (QED) is 0.704. The summed E-state index contributed by atoms with van der Waals surface area (Å²) in [5.41, 5.74) is 1.70. The molecule has 0 heterocycles. The van der Waals surface area contributed by atoms with Crippen molar-refractivity contribution in [3.8, 4) is 0 Å². The molecule has 3 nitrogen and oxygen atoms in total. The van der Waals surface area contributed by atoms with Gasteiger partial charge in [0.15, 0.2) is 6.29 Å². The van der Waals surface area contributed by atoms with Gasteiger partial charge in [-0.25, -0.2) is 0 Å². The topological polar surface area (TPSA) is 52.5 Å². The molecule has 17 heavy (non-hydrogen) atoms. The average Bonchev–Trinajstić information content (AvgIpc) is 2.38. The Morgan fingerprint density at radius 3 is 1.82 bits per heavy atom. The Hall–Kier alpha value is -1.84. The van der Waals surface area contributed by atoms with E-state index in [-0.39, 0.29) is 0 Å². The van der Waals surface area contributed by atoms with Gasteiger partial charge >= 0.3 is 0 Å². The fraction of sp³-hybridized carbons (Fsp3) is 0.143. The van der Waals surface area contributed by atoms with Crippen molar-refractivity contribution in [2.75, 3.05) is 5.32 Å². The molecule has 0 aliphatic rings. The van der Waals surface area contributed by atoms with Crippen LogP contribution in [0.15, 0.2) is 60.7 Å². The summed E-state index contributed by atoms with van der Waals surface area (Å²) in [5.74, 6) is 0. The number of hydrogen-bond acceptors (Lipinski definition) is 3. The highest BCUT2D eigenvalue weighted by atomic mass is 16.5. The third kappa shape index (κ3) is 3.06. The minimum Gasteiger partial charge on any atom is -0.374 e. The van der Waals surface area contributed by atoms with Crippen LogP contribution in [0.25, 0.3) is 0 Å². The first-order valence-corrected chi connectivity index (χ1v) is 5.50. The van der Waals surface area contributed by atoms with Crippen molar-refractivity contribution >= 4 is 5.69 Å². The molecule has 3 N–H and O–H groups in total. The van der Waals surface area contributed by atoms with Crippen molar-refractivity contribution < 1.29 is 10.2 Å². The molecule has 2 rings (SSSR count). The lowest BCUT2D eigenvalue weighted by atomic mass is 10.1. The highest BCUT2D eigenvalue weighted by Gasteiger charge is 2.18. The fourth-order valence-corrected chi connectivity index (χ4v) is 1.70. The summed E-state index contributed by atoms with van der Waals surface area (Å²) in [6.45, 7) is 0. The Bertz CT molecular complexity index is 442. The molecule has 0 aliphatic carbocycles. The highest BCUT2D eigenvalue weighted by molar-refractivity contribution is 5.45. The number of para-hydroxylation sites is 1. The maximum Gasteiger partial charge on any atom is 0.176 e. The van der Waals surface area contributed by atoms with Gasteiger partial charge in [-0.05, 0) is 17.7 Å². The molecule has 1 unspecified atom stereocenters. The van der Waals surface area contributed by atoms with Crippen LogP contribution in [0, 0.1) is 0 Å². The first-order valence-electron chi connectivity index (χ1n) is 5.50. The van der Waals surface area contributed by atoms with Crippen LogP contribution in [-0.4, -0.2) is 16.5 Å². The summed E-state index contributed by atoms with van der Waals surface area (Å²) in [6, 6.07) is 18.3. The van der Waals surface area contributed by atoms with Gasteiger partial charge in [0.2, 0.25) is 0 Å². The first-order chi connectivity index (χ1) is 8.27. The molecular formula is C14H15NO2. The Kier molecular flexibility index (Phi) is 3.75. The van der Waals surface area contributed by atoms with Crippen molar-refractivity contribution in [3.63, 3.8) is 0 Å². The van der Waals surface area contributed by atoms with Crippen LogP contribution in [0.1, 0.15) is 11.6 Å². The molecule has 1 atom stereocenters. The predicted octanol–water partition coefficient (Wildman–Crippen LogP) is 2.15. The van der Waals surface area contributed by atoms with Gasteiger partial charge in [-0.3, -0.25) is 0 Å². The van der Waals surface area contributed by atoms with Crippen LogP contribution in [-0.2, 0) is 0 Å². The minimum absolute atomic E-state index is 0.529. The van der Waals surface area contributed by atoms with Gasteiger partial charge in [-0.15, -0.1) is 0 Å². The van der Waals surface area contributed by atoms with Gasteiger partial charge in [-0.1, -0.05) is 48.5 Å². The number of aliphatic hydroxyl groups is 2. The smallest absolute Gasteiger partial charge is 0.176 e. The molecule has 0 saturated carbocycles. The normalized spacial score (nSPS) is 12.4. The van der Waals surface area contributed by atoms with Crippen LogP contribution in [0.5, 0.6) is 0 Å². The summed E-state index contributed by atoms with van der Waals surface area (Å²) in [6.07, 6.45) is -1.45. The van der Waals surface area contributed by atoms with Gasteiger partial charge in [0.05, 0.1) is 0 Å². The van der Waals surface area contributed by atoms with E-state index in [1.165, 1.54) is 0 Å². The van der Waals surface area contributed by atoms with Crippen LogP contribution < -0.4 is 5.32 Å². The van der Waals surface area contributed by atoms with E-state index in [9.17, 15) is 10.2 Å². The third-order valence-corrected chi connectivity index (χ3v) is 2.55. The van der Waals surface area contributed by atoms with E-state index in [0.717, 1.165) is 11.3 Å². The lowest BCUT2D eigenvalue weighted by molar-refractivity contribution is -0.0539. The number of nitrogens with one attached hydrogen (secondary N) is 1. The number of aliphatic hydroxyl groups excluding tert-OH is 1. The van der Waals surface area contributed by atoms with Crippen LogP contribution in [0.4, 0.5) is 5.69 Å². The third-order valence-electron chi connectivity index (χ3n) is 2.55. The Labute approximate surface area is 100 Å². The van der Waals surface area contributed by atoms with E-state index in [1.807, 2.05) is 60.7 Å². The lowest BCUT2D eigenvalue weighted by Gasteiger charge is -2.22. The van der Waals surface area contributed by atoms with E-state index >= 15 is 0 Å². The summed E-state index contributed by atoms with van der Waals surface area (Å²) in [5, 5.41) is 21.9. The van der Waals surface area contributed by atoms with E-state index in [4.69, 9.17) is 0 Å². The maximum atomic E-state index is 9.42. The maximum absolute atomic E-state index is 9.42. The predicted molar refractivity (Wildman–Crippen MR) is 67.5 cm³/mol. The van der Waals surface area contributed by atoms with Gasteiger partial charge in [0, 0.05) is 5.69 Å². The van der Waals surface area contributed by atoms with Gasteiger partial charge in [-0.2, -0.15) is 0 Å². The molecule has 0 spiro atoms. The zero-order valence-electron chi connectivity index (χ0n) is 9.32. The number of hydrogen-bond donors (Lipinski definition) is 3. The zero-order valence-corrected chi connectivity index (χ0v) is 9.32. The molecular weight excluding hydrogens is 214 g/mol. The first kappa shape index (κ1) is 11.6. The van der Waals surface area contributed by atoms with Gasteiger partial charge < -0.3 is 15.5 Å². The summed E-state index contributed by atoms with van der Waals surface area (Å²) in [4.78, 5) is 0. The molecule has 0 radical (unpaired) electrons. The van der Waals surface area contributed by atoms with Crippen LogP contribution in [0.3, 0.4) is 0 Å². The highest BCUT2D eigenvalue weighted by Crippen LogP contribution is 2.21. The Balaban J connectivity index is 2.20.